The van der Waals surface area contributed by atoms with Gasteiger partial charge in [0.25, 0.3) is 0 Å². The molecule has 7 nitrogen and oxygen atoms in total. The van der Waals surface area contributed by atoms with E-state index in [0.717, 1.165) is 48.7 Å². The first-order valence-corrected chi connectivity index (χ1v) is 12.0. The summed E-state index contributed by atoms with van der Waals surface area (Å²) in [6.07, 6.45) is 2.31. The van der Waals surface area contributed by atoms with Crippen molar-refractivity contribution < 1.29 is 32.7 Å². The van der Waals surface area contributed by atoms with E-state index in [1.165, 1.54) is 17.8 Å². The highest BCUT2D eigenvalue weighted by atomic mass is 32.1. The van der Waals surface area contributed by atoms with Gasteiger partial charge in [-0.15, -0.1) is 11.3 Å². The zero-order chi connectivity index (χ0) is 25.4. The number of carboxylic acids is 1. The summed E-state index contributed by atoms with van der Waals surface area (Å²) in [7, 11) is 0. The highest BCUT2D eigenvalue weighted by Gasteiger charge is 2.38. The normalized spacial score (nSPS) is 16.3. The molecule has 0 radical (unpaired) electrons. The molecule has 1 amide bonds. The summed E-state index contributed by atoms with van der Waals surface area (Å²) in [5.74, 6) is -2.83. The van der Waals surface area contributed by atoms with Gasteiger partial charge in [0.1, 0.15) is 0 Å². The van der Waals surface area contributed by atoms with Crippen LogP contribution in [0.15, 0.2) is 24.3 Å². The van der Waals surface area contributed by atoms with Crippen LogP contribution in [0.3, 0.4) is 0 Å². The maximum Gasteiger partial charge on any atom is 0.490 e. The molecule has 0 bridgehead atoms. The molecule has 3 rings (SSSR count). The van der Waals surface area contributed by atoms with Crippen molar-refractivity contribution >= 4 is 39.2 Å². The Morgan fingerprint density at radius 3 is 2.35 bits per heavy atom. The van der Waals surface area contributed by atoms with Gasteiger partial charge in [-0.2, -0.15) is 13.2 Å². The van der Waals surface area contributed by atoms with Gasteiger partial charge in [-0.3, -0.25) is 9.59 Å². The van der Waals surface area contributed by atoms with Crippen LogP contribution < -0.4 is 11.1 Å². The molecule has 4 N–H and O–H groups in total. The molecule has 0 aliphatic heterocycles. The molecule has 188 valence electrons. The number of thiazole rings is 1. The summed E-state index contributed by atoms with van der Waals surface area (Å²) >= 11 is 1.40. The molecular weight excluding hydrogens is 471 g/mol. The van der Waals surface area contributed by atoms with Crippen LogP contribution in [0.2, 0.25) is 0 Å². The molecule has 1 heterocycles. The van der Waals surface area contributed by atoms with Crippen molar-refractivity contribution in [3.63, 3.8) is 0 Å². The van der Waals surface area contributed by atoms with E-state index >= 15 is 0 Å². The lowest BCUT2D eigenvalue weighted by Crippen LogP contribution is -2.48. The van der Waals surface area contributed by atoms with E-state index in [1.54, 1.807) is 0 Å². The predicted octanol–water partition coefficient (Wildman–Crippen LogP) is 4.70. The lowest BCUT2D eigenvalue weighted by Gasteiger charge is -2.33. The molecule has 1 fully saturated rings. The van der Waals surface area contributed by atoms with E-state index in [9.17, 15) is 22.8 Å². The highest BCUT2D eigenvalue weighted by molar-refractivity contribution is 7.20. The molecule has 1 atom stereocenters. The Balaban J connectivity index is 0.000000509. The van der Waals surface area contributed by atoms with Crippen molar-refractivity contribution in [1.29, 1.82) is 0 Å². The molecule has 0 unspecified atom stereocenters. The fourth-order valence-electron chi connectivity index (χ4n) is 3.78. The lowest BCUT2D eigenvalue weighted by atomic mass is 9.75. The van der Waals surface area contributed by atoms with Gasteiger partial charge >= 0.3 is 12.1 Å². The molecule has 1 aromatic heterocycles. The number of benzene rings is 1. The van der Waals surface area contributed by atoms with Crippen molar-refractivity contribution in [2.75, 3.05) is 6.54 Å². The van der Waals surface area contributed by atoms with Gasteiger partial charge in [0.05, 0.1) is 16.3 Å². The van der Waals surface area contributed by atoms with Crippen molar-refractivity contribution in [2.45, 2.75) is 70.5 Å². The monoisotopic (exact) mass is 501 g/mol. The minimum atomic E-state index is -5.08. The number of Topliss-reactive ketones (excluding diaryl/α,β-unsaturated/α-hetero) is 1. The number of ketones is 1. The number of nitrogens with two attached hydrogens (primary N) is 1. The molecule has 0 spiro atoms. The number of hydrogen-bond acceptors (Lipinski definition) is 6. The average Bonchev–Trinajstić information content (AvgIpc) is 3.22. The number of carbonyl (C=O) groups excluding carboxylic acids is 2. The quantitative estimate of drug-likeness (QED) is 0.356. The third-order valence-corrected chi connectivity index (χ3v) is 6.87. The Morgan fingerprint density at radius 1 is 1.18 bits per heavy atom. The number of hydrogen-bond donors (Lipinski definition) is 3. The number of aliphatic carboxylic acids is 1. The Labute approximate surface area is 199 Å². The number of aromatic nitrogens is 1. The fourth-order valence-corrected chi connectivity index (χ4v) is 4.74. The Kier molecular flexibility index (Phi) is 9.99. The average molecular weight is 502 g/mol. The molecule has 1 aliphatic rings. The van der Waals surface area contributed by atoms with E-state index in [1.807, 2.05) is 31.2 Å². The molecule has 2 aromatic rings. The zero-order valence-corrected chi connectivity index (χ0v) is 19.8. The van der Waals surface area contributed by atoms with Gasteiger partial charge in [-0.25, -0.2) is 9.78 Å². The van der Waals surface area contributed by atoms with E-state index in [4.69, 9.17) is 15.6 Å². The van der Waals surface area contributed by atoms with Crippen LogP contribution in [-0.2, 0) is 9.59 Å². The molecular formula is C23H30F3N3O4S. The summed E-state index contributed by atoms with van der Waals surface area (Å²) in [6.45, 7) is 2.62. The molecule has 11 heteroatoms. The molecule has 1 saturated carbocycles. The van der Waals surface area contributed by atoms with E-state index in [0.29, 0.717) is 18.0 Å². The first-order valence-electron chi connectivity index (χ1n) is 11.2. The number of alkyl halides is 3. The van der Waals surface area contributed by atoms with Crippen LogP contribution in [0.5, 0.6) is 0 Å². The maximum atomic E-state index is 13.1. The number of nitrogens with zero attached hydrogens (tertiary/aromatic N) is 1. The molecule has 0 saturated heterocycles. The van der Waals surface area contributed by atoms with Gasteiger partial charge in [-0.05, 0) is 50.8 Å². The summed E-state index contributed by atoms with van der Waals surface area (Å²) in [6, 6.07) is 7.21. The predicted molar refractivity (Wildman–Crippen MR) is 124 cm³/mol. The second-order valence-electron chi connectivity index (χ2n) is 8.59. The van der Waals surface area contributed by atoms with Crippen molar-refractivity contribution in [3.8, 4) is 0 Å². The van der Waals surface area contributed by atoms with Crippen molar-refractivity contribution in [2.24, 2.45) is 11.1 Å². The van der Waals surface area contributed by atoms with Crippen molar-refractivity contribution in [3.05, 3.63) is 29.3 Å². The number of amides is 1. The van der Waals surface area contributed by atoms with E-state index < -0.39 is 18.2 Å². The number of carbonyl (C=O) groups is 3. The van der Waals surface area contributed by atoms with E-state index in [2.05, 4.69) is 10.3 Å². The van der Waals surface area contributed by atoms with Crippen molar-refractivity contribution in [1.82, 2.24) is 10.3 Å². The molecule has 1 aromatic carbocycles. The number of halogens is 3. The number of nitrogens with one attached hydrogen (secondary N) is 1. The largest absolute Gasteiger partial charge is 0.490 e. The topological polar surface area (TPSA) is 122 Å². The second-order valence-corrected chi connectivity index (χ2v) is 9.62. The van der Waals surface area contributed by atoms with Gasteiger partial charge < -0.3 is 16.2 Å². The standard InChI is InChI=1S/C21H29N3O2S.C2HF3O2/c1-21(12-6-2-7-13-21)20(26)24-16(10-5-8-14-22)18(25)19-23-15-9-3-4-11-17(15)27-19;3-2(4,5)1(6)7/h3-4,9,11,16H,2,5-8,10,12-14,22H2,1H3,(H,24,26);(H,6,7)/t16-;/m0./s1. The SMILES string of the molecule is CC1(C(=O)N[C@@H](CCCCN)C(=O)c2nc3ccccc3s2)CCCCC1.O=C(O)C(F)(F)F. The summed E-state index contributed by atoms with van der Waals surface area (Å²) in [5, 5.41) is 10.7. The van der Waals surface area contributed by atoms with Gasteiger partial charge in [0.2, 0.25) is 11.7 Å². The number of unbranched alkanes of at least 4 members (excludes halogenated alkanes) is 1. The first kappa shape index (κ1) is 27.7. The summed E-state index contributed by atoms with van der Waals surface area (Å²) in [4.78, 5) is 39.5. The Bertz CT molecular complexity index is 954. The number of carboxylic acid groups (broad SMARTS) is 1. The van der Waals surface area contributed by atoms with Gasteiger partial charge in [0.15, 0.2) is 5.01 Å². The number of para-hydroxylation sites is 1. The van der Waals surface area contributed by atoms with Crippen LogP contribution in [0.4, 0.5) is 13.2 Å². The zero-order valence-electron chi connectivity index (χ0n) is 19.0. The third-order valence-electron chi connectivity index (χ3n) is 5.82. The maximum absolute atomic E-state index is 13.1. The molecule has 34 heavy (non-hydrogen) atoms. The number of rotatable bonds is 8. The highest BCUT2D eigenvalue weighted by Crippen LogP contribution is 2.36. The fraction of sp³-hybridized carbons (Fsp3) is 0.565. The Hall–Kier alpha value is -2.53. The number of fused-ring (bicyclic) bond motifs is 1. The second kappa shape index (κ2) is 12.3. The summed E-state index contributed by atoms with van der Waals surface area (Å²) in [5.41, 5.74) is 6.08. The lowest BCUT2D eigenvalue weighted by molar-refractivity contribution is -0.192. The van der Waals surface area contributed by atoms with Gasteiger partial charge in [-0.1, -0.05) is 38.3 Å². The van der Waals surface area contributed by atoms with Crippen LogP contribution in [0, 0.1) is 5.41 Å². The van der Waals surface area contributed by atoms with Crippen LogP contribution in [0.25, 0.3) is 10.2 Å². The van der Waals surface area contributed by atoms with Crippen LogP contribution in [-0.4, -0.2) is 46.5 Å². The van der Waals surface area contributed by atoms with E-state index in [-0.39, 0.29) is 17.1 Å². The van der Waals surface area contributed by atoms with Crippen LogP contribution in [0.1, 0.15) is 68.1 Å². The Morgan fingerprint density at radius 2 is 1.79 bits per heavy atom. The van der Waals surface area contributed by atoms with Gasteiger partial charge in [0, 0.05) is 5.41 Å². The minimum Gasteiger partial charge on any atom is -0.475 e. The molecule has 1 aliphatic carbocycles. The minimum absolute atomic E-state index is 0.00871. The third kappa shape index (κ3) is 7.76. The van der Waals surface area contributed by atoms with Crippen LogP contribution >= 0.6 is 11.3 Å². The summed E-state index contributed by atoms with van der Waals surface area (Å²) < 4.78 is 32.7. The smallest absolute Gasteiger partial charge is 0.475 e. The first-order chi connectivity index (χ1) is 16.0.